The van der Waals surface area contributed by atoms with Gasteiger partial charge in [0.1, 0.15) is 16.8 Å². The van der Waals surface area contributed by atoms with Gasteiger partial charge in [0.25, 0.3) is 0 Å². The SMILES string of the molecule is COC(=O)C1=C(N)N(c2ccc(Cl)c(Cl)c2)C2=C(C(=O)CCC2)C12C(=O)N(C)c1ccccc12. The number of carbonyl (C=O) groups excluding carboxylic acids is 3. The number of ketones is 1. The molecule has 2 aliphatic heterocycles. The van der Waals surface area contributed by atoms with Crippen molar-refractivity contribution < 1.29 is 19.1 Å². The van der Waals surface area contributed by atoms with Gasteiger partial charge in [0.2, 0.25) is 5.91 Å². The number of nitrogens with zero attached hydrogens (tertiary/aromatic N) is 2. The first kappa shape index (κ1) is 22.5. The van der Waals surface area contributed by atoms with Crippen LogP contribution in [-0.4, -0.2) is 31.8 Å². The molecule has 0 fully saturated rings. The molecule has 9 heteroatoms. The van der Waals surface area contributed by atoms with Crippen LogP contribution in [0.1, 0.15) is 24.8 Å². The summed E-state index contributed by atoms with van der Waals surface area (Å²) >= 11 is 12.4. The number of rotatable bonds is 2. The van der Waals surface area contributed by atoms with Crippen molar-refractivity contribution in [2.45, 2.75) is 24.7 Å². The Morgan fingerprint density at radius 1 is 1.09 bits per heavy atom. The van der Waals surface area contributed by atoms with Crippen LogP contribution in [0.25, 0.3) is 0 Å². The molecule has 1 aliphatic carbocycles. The van der Waals surface area contributed by atoms with Gasteiger partial charge in [-0.25, -0.2) is 4.79 Å². The van der Waals surface area contributed by atoms with Crippen molar-refractivity contribution >= 4 is 52.2 Å². The summed E-state index contributed by atoms with van der Waals surface area (Å²) < 4.78 is 5.13. The molecule has 3 aliphatic rings. The lowest BCUT2D eigenvalue weighted by Crippen LogP contribution is -2.54. The van der Waals surface area contributed by atoms with Gasteiger partial charge >= 0.3 is 5.97 Å². The van der Waals surface area contributed by atoms with Gasteiger partial charge in [-0.1, -0.05) is 41.4 Å². The zero-order chi connectivity index (χ0) is 24.4. The summed E-state index contributed by atoms with van der Waals surface area (Å²) in [5.74, 6) is -1.41. The van der Waals surface area contributed by atoms with Crippen molar-refractivity contribution in [3.63, 3.8) is 0 Å². The molecular formula is C25H21Cl2N3O4. The molecule has 2 heterocycles. The maximum Gasteiger partial charge on any atom is 0.339 e. The number of methoxy groups -OCH3 is 1. The molecule has 0 saturated carbocycles. The predicted molar refractivity (Wildman–Crippen MR) is 130 cm³/mol. The fraction of sp³-hybridized carbons (Fsp3) is 0.240. The van der Waals surface area contributed by atoms with Crippen molar-refractivity contribution in [3.05, 3.63) is 80.7 Å². The van der Waals surface area contributed by atoms with Gasteiger partial charge in [0.05, 0.1) is 17.2 Å². The minimum absolute atomic E-state index is 0.0112. The summed E-state index contributed by atoms with van der Waals surface area (Å²) in [6.45, 7) is 0. The molecule has 2 aromatic carbocycles. The number of hydrogen-bond acceptors (Lipinski definition) is 6. The van der Waals surface area contributed by atoms with Gasteiger partial charge in [0.15, 0.2) is 5.78 Å². The molecule has 174 valence electrons. The molecule has 0 bridgehead atoms. The van der Waals surface area contributed by atoms with Crippen molar-refractivity contribution in [1.29, 1.82) is 0 Å². The quantitative estimate of drug-likeness (QED) is 0.628. The lowest BCUT2D eigenvalue weighted by atomic mass is 9.63. The highest BCUT2D eigenvalue weighted by atomic mass is 35.5. The molecule has 7 nitrogen and oxygen atoms in total. The molecule has 1 spiro atoms. The summed E-state index contributed by atoms with van der Waals surface area (Å²) in [7, 11) is 2.85. The number of fused-ring (bicyclic) bond motifs is 3. The number of halogens is 2. The van der Waals surface area contributed by atoms with E-state index in [4.69, 9.17) is 33.7 Å². The zero-order valence-electron chi connectivity index (χ0n) is 18.5. The average molecular weight is 498 g/mol. The van der Waals surface area contributed by atoms with Gasteiger partial charge < -0.3 is 15.4 Å². The third-order valence-corrected chi connectivity index (χ3v) is 7.49. The molecule has 0 radical (unpaired) electrons. The highest BCUT2D eigenvalue weighted by Crippen LogP contribution is 2.56. The van der Waals surface area contributed by atoms with E-state index in [-0.39, 0.29) is 34.2 Å². The Labute approximate surface area is 206 Å². The van der Waals surface area contributed by atoms with E-state index in [0.29, 0.717) is 40.5 Å². The maximum atomic E-state index is 14.0. The zero-order valence-corrected chi connectivity index (χ0v) is 20.0. The molecule has 2 aromatic rings. The average Bonchev–Trinajstić information content (AvgIpc) is 3.04. The van der Waals surface area contributed by atoms with E-state index in [0.717, 1.165) is 0 Å². The minimum atomic E-state index is -1.69. The normalized spacial score (nSPS) is 21.9. The third kappa shape index (κ3) is 2.80. The van der Waals surface area contributed by atoms with E-state index in [1.165, 1.54) is 12.0 Å². The smallest absolute Gasteiger partial charge is 0.339 e. The fourth-order valence-corrected chi connectivity index (χ4v) is 5.66. The number of carbonyl (C=O) groups is 3. The summed E-state index contributed by atoms with van der Waals surface area (Å²) in [4.78, 5) is 44.1. The standard InChI is InChI=1S/C25H21Cl2N3O4/c1-29-17-7-4-3-6-14(17)25(24(29)33)20-18(8-5-9-19(20)31)30(22(28)21(25)23(32)34-2)13-10-11-15(26)16(27)12-13/h3-4,6-7,10-12H,5,8-9,28H2,1-2H3. The first-order valence-corrected chi connectivity index (χ1v) is 11.5. The Bertz CT molecular complexity index is 1350. The number of anilines is 2. The molecular weight excluding hydrogens is 477 g/mol. The molecule has 0 aromatic heterocycles. The van der Waals surface area contributed by atoms with E-state index in [1.807, 2.05) is 0 Å². The van der Waals surface area contributed by atoms with Crippen molar-refractivity contribution in [2.75, 3.05) is 24.0 Å². The van der Waals surface area contributed by atoms with Crippen LogP contribution in [0.5, 0.6) is 0 Å². The number of allylic oxidation sites excluding steroid dienone is 1. The molecule has 1 atom stereocenters. The van der Waals surface area contributed by atoms with E-state index in [2.05, 4.69) is 0 Å². The second-order valence-electron chi connectivity index (χ2n) is 8.42. The molecule has 1 unspecified atom stereocenters. The van der Waals surface area contributed by atoms with E-state index < -0.39 is 17.3 Å². The number of esters is 1. The Balaban J connectivity index is 1.92. The number of ether oxygens (including phenoxy) is 1. The molecule has 1 amide bonds. The second-order valence-corrected chi connectivity index (χ2v) is 9.23. The maximum absolute atomic E-state index is 14.0. The van der Waals surface area contributed by atoms with E-state index in [1.54, 1.807) is 54.4 Å². The van der Waals surface area contributed by atoms with Gasteiger partial charge in [0, 0.05) is 41.7 Å². The topological polar surface area (TPSA) is 92.9 Å². The second kappa shape index (κ2) is 7.89. The van der Waals surface area contributed by atoms with Crippen LogP contribution in [0.4, 0.5) is 11.4 Å². The molecule has 0 saturated heterocycles. The molecule has 5 rings (SSSR count). The summed E-state index contributed by atoms with van der Waals surface area (Å²) in [6.07, 6.45) is 1.32. The van der Waals surface area contributed by atoms with Crippen molar-refractivity contribution in [2.24, 2.45) is 5.73 Å². The number of para-hydroxylation sites is 1. The van der Waals surface area contributed by atoms with E-state index in [9.17, 15) is 14.4 Å². The number of nitrogens with two attached hydrogens (primary N) is 1. The lowest BCUT2D eigenvalue weighted by Gasteiger charge is -2.44. The minimum Gasteiger partial charge on any atom is -0.466 e. The first-order chi connectivity index (χ1) is 16.2. The largest absolute Gasteiger partial charge is 0.466 e. The van der Waals surface area contributed by atoms with Crippen LogP contribution in [0, 0.1) is 0 Å². The number of likely N-dealkylation sites (N-methyl/N-ethyl adjacent to an activating group) is 1. The van der Waals surface area contributed by atoms with Crippen LogP contribution in [-0.2, 0) is 24.5 Å². The number of benzene rings is 2. The van der Waals surface area contributed by atoms with Gasteiger partial charge in [-0.15, -0.1) is 0 Å². The van der Waals surface area contributed by atoms with E-state index >= 15 is 0 Å². The first-order valence-electron chi connectivity index (χ1n) is 10.7. The van der Waals surface area contributed by atoms with Crippen LogP contribution < -0.4 is 15.5 Å². The van der Waals surface area contributed by atoms with Crippen LogP contribution in [0.2, 0.25) is 10.0 Å². The number of amides is 1. The van der Waals surface area contributed by atoms with Crippen molar-refractivity contribution in [1.82, 2.24) is 0 Å². The highest BCUT2D eigenvalue weighted by molar-refractivity contribution is 6.42. The van der Waals surface area contributed by atoms with Gasteiger partial charge in [-0.3, -0.25) is 14.5 Å². The monoisotopic (exact) mass is 497 g/mol. The Morgan fingerprint density at radius 3 is 2.53 bits per heavy atom. The Kier molecular flexibility index (Phi) is 5.22. The fourth-order valence-electron chi connectivity index (χ4n) is 5.37. The van der Waals surface area contributed by atoms with Crippen LogP contribution >= 0.6 is 23.2 Å². The molecule has 34 heavy (non-hydrogen) atoms. The van der Waals surface area contributed by atoms with Crippen LogP contribution in [0.3, 0.4) is 0 Å². The van der Waals surface area contributed by atoms with Gasteiger partial charge in [-0.05, 0) is 37.1 Å². The Hall–Kier alpha value is -3.29. The summed E-state index contributed by atoms with van der Waals surface area (Å²) in [5, 5.41) is 0.642. The van der Waals surface area contributed by atoms with Crippen LogP contribution in [0.15, 0.2) is 65.1 Å². The molecule has 2 N–H and O–H groups in total. The summed E-state index contributed by atoms with van der Waals surface area (Å²) in [6, 6.07) is 12.0. The summed E-state index contributed by atoms with van der Waals surface area (Å²) in [5.41, 5.74) is 7.41. The predicted octanol–water partition coefficient (Wildman–Crippen LogP) is 4.08. The number of hydrogen-bond donors (Lipinski definition) is 1. The number of Topliss-reactive ketones (excluding diaryl/α,β-unsaturated/α-hetero) is 1. The third-order valence-electron chi connectivity index (χ3n) is 6.75. The Morgan fingerprint density at radius 2 is 1.82 bits per heavy atom. The lowest BCUT2D eigenvalue weighted by molar-refractivity contribution is -0.138. The highest BCUT2D eigenvalue weighted by Gasteiger charge is 2.63. The van der Waals surface area contributed by atoms with Gasteiger partial charge in [-0.2, -0.15) is 0 Å². The van der Waals surface area contributed by atoms with Crippen molar-refractivity contribution in [3.8, 4) is 0 Å².